The molecule has 0 N–H and O–H groups in total. The Bertz CT molecular complexity index is 1390. The van der Waals surface area contributed by atoms with Crippen molar-refractivity contribution in [2.24, 2.45) is 0 Å². The molecule has 4 rings (SSSR count). The highest BCUT2D eigenvalue weighted by molar-refractivity contribution is 6.44. The van der Waals surface area contributed by atoms with Gasteiger partial charge in [-0.25, -0.2) is 0 Å². The second kappa shape index (κ2) is 8.91. The third-order valence-corrected chi connectivity index (χ3v) is 7.36. The van der Waals surface area contributed by atoms with Crippen molar-refractivity contribution in [3.63, 3.8) is 0 Å². The Labute approximate surface area is 219 Å². The molecule has 0 unspecified atom stereocenters. The number of aryl methyl sites for hydroxylation is 3. The van der Waals surface area contributed by atoms with Crippen LogP contribution < -0.4 is 4.90 Å². The number of hydrogen-bond donors (Lipinski definition) is 0. The van der Waals surface area contributed by atoms with Gasteiger partial charge < -0.3 is 4.42 Å². The molecule has 0 saturated carbocycles. The quantitative estimate of drug-likeness (QED) is 0.274. The lowest BCUT2D eigenvalue weighted by Crippen LogP contribution is -2.16. The monoisotopic (exact) mass is 507 g/mol. The van der Waals surface area contributed by atoms with Gasteiger partial charge in [0, 0.05) is 11.5 Å². The van der Waals surface area contributed by atoms with Crippen molar-refractivity contribution in [1.82, 2.24) is 0 Å². The highest BCUT2D eigenvalue weighted by atomic mass is 35.5. The second-order valence-corrected chi connectivity index (χ2v) is 12.5. The van der Waals surface area contributed by atoms with Gasteiger partial charge >= 0.3 is 0 Å². The highest BCUT2D eigenvalue weighted by Gasteiger charge is 2.26. The largest absolute Gasteiger partial charge is 0.440 e. The highest BCUT2D eigenvalue weighted by Crippen LogP contribution is 2.47. The van der Waals surface area contributed by atoms with E-state index in [0.717, 1.165) is 39.0 Å². The predicted molar refractivity (Wildman–Crippen MR) is 153 cm³/mol. The Balaban J connectivity index is 2.01. The van der Waals surface area contributed by atoms with Gasteiger partial charge in [0.15, 0.2) is 0 Å². The molecule has 0 aliphatic rings. The number of hydrogen-bond acceptors (Lipinski definition) is 2. The molecular weight excluding hydrogens is 473 g/mol. The summed E-state index contributed by atoms with van der Waals surface area (Å²) in [6, 6.07) is 17.0. The van der Waals surface area contributed by atoms with E-state index < -0.39 is 0 Å². The minimum atomic E-state index is 0.0475. The van der Waals surface area contributed by atoms with E-state index in [1.165, 1.54) is 11.1 Å². The van der Waals surface area contributed by atoms with E-state index in [1.807, 2.05) is 13.0 Å². The zero-order chi connectivity index (χ0) is 25.9. The molecule has 0 radical (unpaired) electrons. The standard InChI is InChI=1S/C31H35Cl2NO/c1-18-12-24(32)28(33)25(13-18)34(29-19(2)14-23(15-20(29)3)31(7,8)9)27-17-21-16-22(30(4,5)6)10-11-26(21)35-27/h10-17H,1-9H3. The fourth-order valence-electron chi connectivity index (χ4n) is 4.57. The summed E-state index contributed by atoms with van der Waals surface area (Å²) in [5.74, 6) is 0.712. The maximum atomic E-state index is 6.84. The Morgan fingerprint density at radius 1 is 0.714 bits per heavy atom. The molecular formula is C31H35Cl2NO. The molecule has 0 aliphatic carbocycles. The first-order chi connectivity index (χ1) is 16.2. The average Bonchev–Trinajstić information content (AvgIpc) is 3.15. The van der Waals surface area contributed by atoms with Gasteiger partial charge in [-0.15, -0.1) is 0 Å². The minimum absolute atomic E-state index is 0.0475. The maximum absolute atomic E-state index is 6.84. The minimum Gasteiger partial charge on any atom is -0.440 e. The molecule has 1 heterocycles. The second-order valence-electron chi connectivity index (χ2n) is 11.7. The number of nitrogens with zero attached hydrogens (tertiary/aromatic N) is 1. The molecule has 0 bridgehead atoms. The van der Waals surface area contributed by atoms with Gasteiger partial charge in [0.2, 0.25) is 5.88 Å². The third kappa shape index (κ3) is 4.97. The van der Waals surface area contributed by atoms with E-state index in [9.17, 15) is 0 Å². The lowest BCUT2D eigenvalue weighted by atomic mass is 9.84. The molecule has 4 aromatic rings. The number of rotatable bonds is 3. The molecule has 0 fully saturated rings. The van der Waals surface area contributed by atoms with E-state index in [2.05, 4.69) is 103 Å². The van der Waals surface area contributed by atoms with Crippen LogP contribution in [0, 0.1) is 20.8 Å². The Morgan fingerprint density at radius 2 is 1.31 bits per heavy atom. The fourth-order valence-corrected chi connectivity index (χ4v) is 5.03. The van der Waals surface area contributed by atoms with Crippen molar-refractivity contribution < 1.29 is 4.42 Å². The number of anilines is 3. The first-order valence-corrected chi connectivity index (χ1v) is 12.8. The molecule has 4 heteroatoms. The van der Waals surface area contributed by atoms with Crippen molar-refractivity contribution in [2.75, 3.05) is 4.90 Å². The van der Waals surface area contributed by atoms with E-state index in [1.54, 1.807) is 0 Å². The lowest BCUT2D eigenvalue weighted by Gasteiger charge is -2.29. The molecule has 0 atom stereocenters. The summed E-state index contributed by atoms with van der Waals surface area (Å²) in [4.78, 5) is 2.12. The smallest absolute Gasteiger partial charge is 0.205 e. The zero-order valence-corrected chi connectivity index (χ0v) is 23.7. The zero-order valence-electron chi connectivity index (χ0n) is 22.2. The van der Waals surface area contributed by atoms with Crippen LogP contribution in [-0.4, -0.2) is 0 Å². The van der Waals surface area contributed by atoms with Gasteiger partial charge in [0.1, 0.15) is 5.58 Å². The molecule has 1 aromatic heterocycles. The van der Waals surface area contributed by atoms with Crippen LogP contribution in [0.15, 0.2) is 52.9 Å². The molecule has 0 aliphatic heterocycles. The first kappa shape index (κ1) is 25.7. The predicted octanol–water partition coefficient (Wildman–Crippen LogP) is 10.7. The summed E-state index contributed by atoms with van der Waals surface area (Å²) in [5, 5.41) is 2.10. The van der Waals surface area contributed by atoms with Crippen molar-refractivity contribution in [2.45, 2.75) is 73.1 Å². The van der Waals surface area contributed by atoms with Gasteiger partial charge in [0.25, 0.3) is 0 Å². The first-order valence-electron chi connectivity index (χ1n) is 12.1. The summed E-state index contributed by atoms with van der Waals surface area (Å²) in [7, 11) is 0. The van der Waals surface area contributed by atoms with Crippen molar-refractivity contribution in [3.8, 4) is 0 Å². The topological polar surface area (TPSA) is 16.4 Å². The SMILES string of the molecule is Cc1cc(Cl)c(Cl)c(N(c2cc3cc(C(C)(C)C)ccc3o2)c2c(C)cc(C(C)(C)C)cc2C)c1. The van der Waals surface area contributed by atoms with E-state index >= 15 is 0 Å². The number of furan rings is 1. The molecule has 2 nitrogen and oxygen atoms in total. The van der Waals surface area contributed by atoms with Crippen LogP contribution in [0.5, 0.6) is 0 Å². The Hall–Kier alpha value is -2.42. The van der Waals surface area contributed by atoms with Gasteiger partial charge in [-0.1, -0.05) is 82.9 Å². The van der Waals surface area contributed by atoms with Crippen LogP contribution in [0.25, 0.3) is 11.0 Å². The van der Waals surface area contributed by atoms with Crippen molar-refractivity contribution >= 4 is 51.4 Å². The summed E-state index contributed by atoms with van der Waals surface area (Å²) in [5.41, 5.74) is 8.70. The van der Waals surface area contributed by atoms with Gasteiger partial charge in [-0.05, 0) is 83.7 Å². The van der Waals surface area contributed by atoms with E-state index in [0.29, 0.717) is 15.9 Å². The summed E-state index contributed by atoms with van der Waals surface area (Å²) < 4.78 is 6.47. The molecule has 0 saturated heterocycles. The molecule has 0 amide bonds. The van der Waals surface area contributed by atoms with Crippen LogP contribution in [0.1, 0.15) is 69.4 Å². The molecule has 35 heavy (non-hydrogen) atoms. The molecule has 0 spiro atoms. The lowest BCUT2D eigenvalue weighted by molar-refractivity contribution is 0.589. The van der Waals surface area contributed by atoms with Crippen molar-refractivity contribution in [1.29, 1.82) is 0 Å². The van der Waals surface area contributed by atoms with Crippen LogP contribution in [0.4, 0.5) is 17.3 Å². The maximum Gasteiger partial charge on any atom is 0.205 e. The van der Waals surface area contributed by atoms with E-state index in [-0.39, 0.29) is 10.8 Å². The number of halogens is 2. The third-order valence-electron chi connectivity index (χ3n) is 6.56. The van der Waals surface area contributed by atoms with Crippen LogP contribution in [0.3, 0.4) is 0 Å². The van der Waals surface area contributed by atoms with E-state index in [4.69, 9.17) is 27.6 Å². The summed E-state index contributed by atoms with van der Waals surface area (Å²) in [6.45, 7) is 19.7. The van der Waals surface area contributed by atoms with Gasteiger partial charge in [0.05, 0.1) is 21.4 Å². The van der Waals surface area contributed by atoms with Crippen LogP contribution >= 0.6 is 23.2 Å². The normalized spacial score (nSPS) is 12.4. The molecule has 3 aromatic carbocycles. The van der Waals surface area contributed by atoms with Crippen LogP contribution in [-0.2, 0) is 10.8 Å². The fraction of sp³-hybridized carbons (Fsp3) is 0.355. The average molecular weight is 509 g/mol. The van der Waals surface area contributed by atoms with Gasteiger partial charge in [-0.3, -0.25) is 4.90 Å². The summed E-state index contributed by atoms with van der Waals surface area (Å²) in [6.07, 6.45) is 0. The van der Waals surface area contributed by atoms with Crippen molar-refractivity contribution in [3.05, 3.63) is 86.4 Å². The molecule has 184 valence electrons. The number of fused-ring (bicyclic) bond motifs is 1. The summed E-state index contributed by atoms with van der Waals surface area (Å²) >= 11 is 13.4. The van der Waals surface area contributed by atoms with Gasteiger partial charge in [-0.2, -0.15) is 0 Å². The number of benzene rings is 3. The van der Waals surface area contributed by atoms with Crippen LogP contribution in [0.2, 0.25) is 10.0 Å². The Morgan fingerprint density at radius 3 is 1.89 bits per heavy atom. The Kier molecular flexibility index (Phi) is 6.53.